The first kappa shape index (κ1) is 16.4. The average Bonchev–Trinajstić information content (AvgIpc) is 2.48. The second kappa shape index (κ2) is 6.87. The van der Waals surface area contributed by atoms with E-state index in [2.05, 4.69) is 24.1 Å². The van der Waals surface area contributed by atoms with Gasteiger partial charge < -0.3 is 5.32 Å². The molecule has 1 fully saturated rings. The number of sulfonamides is 1. The van der Waals surface area contributed by atoms with Gasteiger partial charge in [0.1, 0.15) is 0 Å². The number of benzene rings is 1. The van der Waals surface area contributed by atoms with Gasteiger partial charge in [0.15, 0.2) is 0 Å². The Morgan fingerprint density at radius 3 is 2.71 bits per heavy atom. The summed E-state index contributed by atoms with van der Waals surface area (Å²) in [5.74, 6) is 0. The molecule has 0 saturated carbocycles. The largest absolute Gasteiger partial charge is 0.316 e. The Bertz CT molecular complexity index is 574. The van der Waals surface area contributed by atoms with Gasteiger partial charge in [0.25, 0.3) is 0 Å². The van der Waals surface area contributed by atoms with E-state index < -0.39 is 10.0 Å². The van der Waals surface area contributed by atoms with Crippen LogP contribution in [0.2, 0.25) is 0 Å². The van der Waals surface area contributed by atoms with Crippen LogP contribution < -0.4 is 5.32 Å². The van der Waals surface area contributed by atoms with E-state index in [4.69, 9.17) is 0 Å². The molecule has 1 aliphatic rings. The zero-order valence-corrected chi connectivity index (χ0v) is 13.9. The van der Waals surface area contributed by atoms with Crippen molar-refractivity contribution < 1.29 is 8.42 Å². The lowest BCUT2D eigenvalue weighted by atomic mass is 10.2. The second-order valence-electron chi connectivity index (χ2n) is 5.52. The zero-order chi connectivity index (χ0) is 15.5. The minimum Gasteiger partial charge on any atom is -0.316 e. The summed E-state index contributed by atoms with van der Waals surface area (Å²) < 4.78 is 27.2. The summed E-state index contributed by atoms with van der Waals surface area (Å²) >= 11 is 0. The topological polar surface area (TPSA) is 52.7 Å². The fourth-order valence-corrected chi connectivity index (χ4v) is 4.40. The lowest BCUT2D eigenvalue weighted by molar-refractivity contribution is 0.135. The minimum atomic E-state index is -3.39. The first-order valence-electron chi connectivity index (χ1n) is 7.46. The van der Waals surface area contributed by atoms with Crippen LogP contribution in [-0.2, 0) is 16.6 Å². The SMILES string of the molecule is CCN1CCN(S(=O)(=O)c2cccc(CNC)c2)CC1C. The Morgan fingerprint density at radius 1 is 1.33 bits per heavy atom. The van der Waals surface area contributed by atoms with E-state index in [1.807, 2.05) is 19.2 Å². The molecule has 6 heteroatoms. The third kappa shape index (κ3) is 3.63. The van der Waals surface area contributed by atoms with Crippen molar-refractivity contribution >= 4 is 10.0 Å². The van der Waals surface area contributed by atoms with Crippen molar-refractivity contribution in [2.24, 2.45) is 0 Å². The molecule has 1 unspecified atom stereocenters. The van der Waals surface area contributed by atoms with Crippen LogP contribution in [0.15, 0.2) is 29.2 Å². The first-order valence-corrected chi connectivity index (χ1v) is 8.90. The fraction of sp³-hybridized carbons (Fsp3) is 0.600. The molecule has 0 spiro atoms. The van der Waals surface area contributed by atoms with Crippen LogP contribution in [0.3, 0.4) is 0 Å². The quantitative estimate of drug-likeness (QED) is 0.885. The molecular formula is C15H25N3O2S. The number of rotatable bonds is 5. The molecule has 2 rings (SSSR count). The Hall–Kier alpha value is -0.950. The molecule has 1 saturated heterocycles. The monoisotopic (exact) mass is 311 g/mol. The van der Waals surface area contributed by atoms with Gasteiger partial charge in [0.05, 0.1) is 4.90 Å². The fourth-order valence-electron chi connectivity index (χ4n) is 2.82. The van der Waals surface area contributed by atoms with Gasteiger partial charge in [-0.2, -0.15) is 4.31 Å². The van der Waals surface area contributed by atoms with Gasteiger partial charge in [-0.15, -0.1) is 0 Å². The van der Waals surface area contributed by atoms with Crippen LogP contribution in [0.1, 0.15) is 19.4 Å². The van der Waals surface area contributed by atoms with Crippen molar-refractivity contribution in [3.63, 3.8) is 0 Å². The highest BCUT2D eigenvalue weighted by Gasteiger charge is 2.31. The van der Waals surface area contributed by atoms with Crippen LogP contribution in [0.5, 0.6) is 0 Å². The molecule has 0 amide bonds. The smallest absolute Gasteiger partial charge is 0.243 e. The molecule has 1 heterocycles. The molecule has 118 valence electrons. The summed E-state index contributed by atoms with van der Waals surface area (Å²) in [7, 11) is -1.53. The molecule has 0 bridgehead atoms. The van der Waals surface area contributed by atoms with E-state index in [9.17, 15) is 8.42 Å². The lowest BCUT2D eigenvalue weighted by Gasteiger charge is -2.38. The van der Waals surface area contributed by atoms with Gasteiger partial charge in [0.2, 0.25) is 10.0 Å². The molecule has 0 aliphatic carbocycles. The van der Waals surface area contributed by atoms with E-state index in [1.165, 1.54) is 0 Å². The van der Waals surface area contributed by atoms with Crippen molar-refractivity contribution in [1.29, 1.82) is 0 Å². The molecule has 21 heavy (non-hydrogen) atoms. The molecule has 0 radical (unpaired) electrons. The van der Waals surface area contributed by atoms with Gasteiger partial charge in [0, 0.05) is 32.2 Å². The molecule has 1 N–H and O–H groups in total. The van der Waals surface area contributed by atoms with Crippen LogP contribution in [0, 0.1) is 0 Å². The molecule has 1 aromatic carbocycles. The van der Waals surface area contributed by atoms with Gasteiger partial charge in [-0.1, -0.05) is 19.1 Å². The molecule has 5 nitrogen and oxygen atoms in total. The normalized spacial score (nSPS) is 21.6. The third-order valence-electron chi connectivity index (χ3n) is 4.05. The summed E-state index contributed by atoms with van der Waals surface area (Å²) in [6, 6.07) is 7.46. The van der Waals surface area contributed by atoms with E-state index in [1.54, 1.807) is 16.4 Å². The molecule has 0 aromatic heterocycles. The van der Waals surface area contributed by atoms with Crippen molar-refractivity contribution in [2.45, 2.75) is 31.3 Å². The number of hydrogen-bond acceptors (Lipinski definition) is 4. The molecular weight excluding hydrogens is 286 g/mol. The van der Waals surface area contributed by atoms with Gasteiger partial charge in [-0.25, -0.2) is 8.42 Å². The Balaban J connectivity index is 2.20. The number of nitrogens with zero attached hydrogens (tertiary/aromatic N) is 2. The molecule has 1 aromatic rings. The van der Waals surface area contributed by atoms with Gasteiger partial charge in [-0.05, 0) is 38.2 Å². The number of nitrogens with one attached hydrogen (secondary N) is 1. The Labute approximate surface area is 128 Å². The maximum Gasteiger partial charge on any atom is 0.243 e. The summed E-state index contributed by atoms with van der Waals surface area (Å²) in [5.41, 5.74) is 0.985. The third-order valence-corrected chi connectivity index (χ3v) is 5.91. The first-order chi connectivity index (χ1) is 9.98. The van der Waals surface area contributed by atoms with Gasteiger partial charge >= 0.3 is 0 Å². The van der Waals surface area contributed by atoms with Crippen molar-refractivity contribution in [3.05, 3.63) is 29.8 Å². The van der Waals surface area contributed by atoms with Crippen molar-refractivity contribution in [3.8, 4) is 0 Å². The lowest BCUT2D eigenvalue weighted by Crippen LogP contribution is -2.53. The van der Waals surface area contributed by atoms with Crippen molar-refractivity contribution in [2.75, 3.05) is 33.2 Å². The standard InChI is InChI=1S/C15H25N3O2S/c1-4-17-8-9-18(12-13(17)2)21(19,20)15-7-5-6-14(10-15)11-16-3/h5-7,10,13,16H,4,8-9,11-12H2,1-3H3. The predicted molar refractivity (Wildman–Crippen MR) is 84.7 cm³/mol. The second-order valence-corrected chi connectivity index (χ2v) is 7.46. The van der Waals surface area contributed by atoms with E-state index in [-0.39, 0.29) is 6.04 Å². The van der Waals surface area contributed by atoms with Crippen LogP contribution in [0.4, 0.5) is 0 Å². The summed E-state index contributed by atoms with van der Waals surface area (Å²) in [6.45, 7) is 7.76. The number of piperazine rings is 1. The highest BCUT2D eigenvalue weighted by molar-refractivity contribution is 7.89. The van der Waals surface area contributed by atoms with Crippen LogP contribution >= 0.6 is 0 Å². The highest BCUT2D eigenvalue weighted by atomic mass is 32.2. The summed E-state index contributed by atoms with van der Waals surface area (Å²) in [4.78, 5) is 2.70. The van der Waals surface area contributed by atoms with Crippen LogP contribution in [0.25, 0.3) is 0 Å². The zero-order valence-electron chi connectivity index (χ0n) is 13.0. The maximum absolute atomic E-state index is 12.8. The maximum atomic E-state index is 12.8. The minimum absolute atomic E-state index is 0.263. The average molecular weight is 311 g/mol. The van der Waals surface area contributed by atoms with E-state index in [0.29, 0.717) is 24.5 Å². The Morgan fingerprint density at radius 2 is 2.10 bits per heavy atom. The molecule has 1 atom stereocenters. The molecule has 1 aliphatic heterocycles. The van der Waals surface area contributed by atoms with E-state index in [0.717, 1.165) is 18.7 Å². The van der Waals surface area contributed by atoms with Gasteiger partial charge in [-0.3, -0.25) is 4.90 Å². The number of hydrogen-bond donors (Lipinski definition) is 1. The number of likely N-dealkylation sites (N-methyl/N-ethyl adjacent to an activating group) is 1. The predicted octanol–water partition coefficient (Wildman–Crippen LogP) is 1.12. The van der Waals surface area contributed by atoms with Crippen molar-refractivity contribution in [1.82, 2.24) is 14.5 Å². The summed E-state index contributed by atoms with van der Waals surface area (Å²) in [6.07, 6.45) is 0. The highest BCUT2D eigenvalue weighted by Crippen LogP contribution is 2.20. The Kier molecular flexibility index (Phi) is 5.37. The summed E-state index contributed by atoms with van der Waals surface area (Å²) in [5, 5.41) is 3.05. The van der Waals surface area contributed by atoms with E-state index >= 15 is 0 Å². The van der Waals surface area contributed by atoms with Crippen LogP contribution in [-0.4, -0.2) is 56.9 Å².